The highest BCUT2D eigenvalue weighted by Crippen LogP contribution is 2.38. The summed E-state index contributed by atoms with van der Waals surface area (Å²) in [6, 6.07) is 8.12. The van der Waals surface area contributed by atoms with E-state index in [4.69, 9.17) is 14.1 Å². The van der Waals surface area contributed by atoms with E-state index in [0.29, 0.717) is 6.61 Å². The van der Waals surface area contributed by atoms with Crippen molar-refractivity contribution < 1.29 is 9.15 Å². The van der Waals surface area contributed by atoms with E-state index in [1.54, 1.807) is 29.4 Å². The highest BCUT2D eigenvalue weighted by molar-refractivity contribution is 7.99. The first-order valence-corrected chi connectivity index (χ1v) is 10.4. The molecular weight excluding hydrogens is 364 g/mol. The minimum absolute atomic E-state index is 0.685. The van der Waals surface area contributed by atoms with Crippen molar-refractivity contribution in [2.75, 3.05) is 24.6 Å². The van der Waals surface area contributed by atoms with Crippen LogP contribution in [0.4, 0.5) is 5.69 Å². The van der Waals surface area contributed by atoms with Crippen molar-refractivity contribution in [3.63, 3.8) is 0 Å². The summed E-state index contributed by atoms with van der Waals surface area (Å²) in [6.07, 6.45) is 9.18. The second-order valence-corrected chi connectivity index (χ2v) is 7.83. The Balaban J connectivity index is 1.64. The van der Waals surface area contributed by atoms with Gasteiger partial charge in [0.2, 0.25) is 0 Å². The van der Waals surface area contributed by atoms with Crippen molar-refractivity contribution in [2.24, 2.45) is 0 Å². The molecule has 0 atom stereocenters. The first kappa shape index (κ1) is 17.2. The maximum Gasteiger partial charge on any atom is 0.174 e. The molecule has 4 rings (SSSR count). The molecule has 6 heteroatoms. The van der Waals surface area contributed by atoms with Crippen LogP contribution in [0, 0.1) is 0 Å². The Morgan fingerprint density at radius 1 is 1.35 bits per heavy atom. The maximum absolute atomic E-state index is 5.69. The van der Waals surface area contributed by atoms with Crippen molar-refractivity contribution in [2.45, 2.75) is 23.3 Å². The highest BCUT2D eigenvalue weighted by Gasteiger charge is 2.17. The van der Waals surface area contributed by atoms with Crippen molar-refractivity contribution >= 4 is 28.8 Å². The van der Waals surface area contributed by atoms with Crippen LogP contribution in [-0.4, -0.2) is 24.7 Å². The average Bonchev–Trinajstić information content (AvgIpc) is 3.35. The summed E-state index contributed by atoms with van der Waals surface area (Å²) in [5.41, 5.74) is 2.21. The number of hydrogen-bond donors (Lipinski definition) is 0. The maximum atomic E-state index is 5.69. The fourth-order valence-corrected chi connectivity index (χ4v) is 4.70. The molecule has 0 bridgehead atoms. The molecule has 134 valence electrons. The second kappa shape index (κ2) is 8.01. The number of rotatable bonds is 6. The number of ether oxygens (including phenoxy) is 1. The van der Waals surface area contributed by atoms with Crippen LogP contribution in [0.15, 0.2) is 68.6 Å². The molecular formula is C20H20N2O2S2. The third kappa shape index (κ3) is 3.81. The molecule has 0 N–H and O–H groups in total. The number of anilines is 1. The van der Waals surface area contributed by atoms with Crippen LogP contribution in [-0.2, 0) is 0 Å². The summed E-state index contributed by atoms with van der Waals surface area (Å²) in [7, 11) is 0. The fraction of sp³-hybridized carbons (Fsp3) is 0.250. The molecule has 3 aromatic heterocycles. The molecule has 0 radical (unpaired) electrons. The van der Waals surface area contributed by atoms with Crippen LogP contribution in [0.5, 0.6) is 5.06 Å². The van der Waals surface area contributed by atoms with E-state index in [1.165, 1.54) is 0 Å². The Morgan fingerprint density at radius 3 is 3.08 bits per heavy atom. The average molecular weight is 385 g/mol. The van der Waals surface area contributed by atoms with Crippen LogP contribution >= 0.6 is 23.1 Å². The molecule has 0 amide bonds. The molecule has 1 aliphatic heterocycles. The molecule has 0 saturated heterocycles. The Bertz CT molecular complexity index is 887. The van der Waals surface area contributed by atoms with Gasteiger partial charge in [0, 0.05) is 35.0 Å². The Hall–Kier alpha value is -2.18. The number of hydrogen-bond acceptors (Lipinski definition) is 6. The smallest absolute Gasteiger partial charge is 0.174 e. The van der Waals surface area contributed by atoms with Gasteiger partial charge in [-0.2, -0.15) is 0 Å². The van der Waals surface area contributed by atoms with E-state index in [2.05, 4.69) is 34.6 Å². The van der Waals surface area contributed by atoms with Gasteiger partial charge in [0.25, 0.3) is 0 Å². The van der Waals surface area contributed by atoms with Crippen molar-refractivity contribution in [1.82, 2.24) is 4.98 Å². The summed E-state index contributed by atoms with van der Waals surface area (Å²) in [6.45, 7) is 4.59. The van der Waals surface area contributed by atoms with E-state index in [9.17, 15) is 0 Å². The third-order valence-electron chi connectivity index (χ3n) is 4.10. The quantitative estimate of drug-likeness (QED) is 0.508. The van der Waals surface area contributed by atoms with Gasteiger partial charge in [0.1, 0.15) is 10.8 Å². The van der Waals surface area contributed by atoms with Crippen molar-refractivity contribution in [3.8, 4) is 16.4 Å². The zero-order chi connectivity index (χ0) is 17.8. The van der Waals surface area contributed by atoms with Crippen molar-refractivity contribution in [1.29, 1.82) is 0 Å². The van der Waals surface area contributed by atoms with Gasteiger partial charge >= 0.3 is 0 Å². The minimum atomic E-state index is 0.685. The molecule has 0 aliphatic carbocycles. The fourth-order valence-electron chi connectivity index (χ4n) is 2.92. The van der Waals surface area contributed by atoms with Gasteiger partial charge in [0.05, 0.1) is 24.8 Å². The van der Waals surface area contributed by atoms with Crippen LogP contribution < -0.4 is 9.64 Å². The number of furan rings is 1. The minimum Gasteiger partial charge on any atom is -0.484 e. The van der Waals surface area contributed by atoms with Crippen LogP contribution in [0.1, 0.15) is 13.3 Å². The molecule has 0 spiro atoms. The molecule has 3 aromatic rings. The first-order valence-electron chi connectivity index (χ1n) is 8.66. The lowest BCUT2D eigenvalue weighted by Gasteiger charge is -2.27. The van der Waals surface area contributed by atoms with Crippen molar-refractivity contribution in [3.05, 3.63) is 54.3 Å². The lowest BCUT2D eigenvalue weighted by Crippen LogP contribution is -2.27. The number of pyridine rings is 1. The molecule has 0 saturated carbocycles. The van der Waals surface area contributed by atoms with E-state index in [1.807, 2.05) is 25.3 Å². The number of aromatic nitrogens is 1. The number of nitrogens with zero attached hydrogens (tertiary/aromatic N) is 2. The zero-order valence-corrected chi connectivity index (χ0v) is 16.2. The summed E-state index contributed by atoms with van der Waals surface area (Å²) >= 11 is 3.26. The monoisotopic (exact) mass is 384 g/mol. The molecule has 4 heterocycles. The van der Waals surface area contributed by atoms with Gasteiger partial charge in [-0.05, 0) is 31.5 Å². The van der Waals surface area contributed by atoms with Gasteiger partial charge in [-0.15, -0.1) is 11.3 Å². The lowest BCUT2D eigenvalue weighted by atomic mass is 10.1. The molecule has 0 unspecified atom stereocenters. The molecule has 0 fully saturated rings. The predicted molar refractivity (Wildman–Crippen MR) is 108 cm³/mol. The summed E-state index contributed by atoms with van der Waals surface area (Å²) < 4.78 is 11.3. The van der Waals surface area contributed by atoms with Gasteiger partial charge in [-0.25, -0.2) is 4.98 Å². The topological polar surface area (TPSA) is 38.5 Å². The third-order valence-corrected chi connectivity index (χ3v) is 6.00. The van der Waals surface area contributed by atoms with Crippen LogP contribution in [0.3, 0.4) is 0 Å². The van der Waals surface area contributed by atoms with Crippen LogP contribution in [0.2, 0.25) is 0 Å². The Labute approximate surface area is 161 Å². The summed E-state index contributed by atoms with van der Waals surface area (Å²) in [5, 5.41) is 4.00. The number of thiophene rings is 1. The predicted octanol–water partition coefficient (Wildman–Crippen LogP) is 5.72. The molecule has 0 aromatic carbocycles. The normalized spacial score (nSPS) is 14.0. The Kier molecular flexibility index (Phi) is 5.32. The van der Waals surface area contributed by atoms with Gasteiger partial charge in [-0.1, -0.05) is 23.9 Å². The largest absolute Gasteiger partial charge is 0.484 e. The molecule has 26 heavy (non-hydrogen) atoms. The zero-order valence-electron chi connectivity index (χ0n) is 14.6. The van der Waals surface area contributed by atoms with E-state index < -0.39 is 0 Å². The molecule has 4 nitrogen and oxygen atoms in total. The highest BCUT2D eigenvalue weighted by atomic mass is 32.2. The Morgan fingerprint density at radius 2 is 2.31 bits per heavy atom. The standard InChI is InChI=1S/C20H20N2O2S2/c1-2-23-20-11-15(14-25-20)26-19-12-16(18-7-6-10-24-18)17(13-21-19)22-8-4-3-5-9-22/h3-4,6-7,10-14H,2,5,8-9H2,1H3. The first-order chi connectivity index (χ1) is 12.8. The second-order valence-electron chi connectivity index (χ2n) is 5.86. The SMILES string of the molecule is CCOc1cc(Sc2cc(-c3ccco3)c(N3CC=CCC3)cn2)cs1. The van der Waals surface area contributed by atoms with Gasteiger partial charge in [-0.3, -0.25) is 0 Å². The lowest BCUT2D eigenvalue weighted by molar-refractivity contribution is 0.350. The summed E-state index contributed by atoms with van der Waals surface area (Å²) in [5.74, 6) is 0.874. The van der Waals surface area contributed by atoms with Gasteiger partial charge < -0.3 is 14.1 Å². The molecule has 1 aliphatic rings. The van der Waals surface area contributed by atoms with Gasteiger partial charge in [0.15, 0.2) is 5.06 Å². The van der Waals surface area contributed by atoms with E-state index >= 15 is 0 Å². The van der Waals surface area contributed by atoms with Crippen LogP contribution in [0.25, 0.3) is 11.3 Å². The summed E-state index contributed by atoms with van der Waals surface area (Å²) in [4.78, 5) is 8.18. The van der Waals surface area contributed by atoms with E-state index in [-0.39, 0.29) is 0 Å². The van der Waals surface area contributed by atoms with E-state index in [0.717, 1.165) is 51.5 Å².